The van der Waals surface area contributed by atoms with Crippen LogP contribution in [0.2, 0.25) is 0 Å². The molecule has 1 heterocycles. The number of amides is 1. The van der Waals surface area contributed by atoms with Gasteiger partial charge >= 0.3 is 5.97 Å². The van der Waals surface area contributed by atoms with Crippen molar-refractivity contribution < 1.29 is 19.1 Å². The zero-order chi connectivity index (χ0) is 20.0. The number of ether oxygens (including phenoxy) is 1. The number of aryl methyl sites for hydroxylation is 1. The Morgan fingerprint density at radius 2 is 1.81 bits per heavy atom. The number of aromatic nitrogens is 1. The topological polar surface area (TPSA) is 77.4 Å². The third kappa shape index (κ3) is 5.53. The van der Waals surface area contributed by atoms with E-state index < -0.39 is 5.97 Å². The van der Waals surface area contributed by atoms with Crippen LogP contribution in [0, 0.1) is 13.8 Å². The highest BCUT2D eigenvalue weighted by molar-refractivity contribution is 9.10. The van der Waals surface area contributed by atoms with Crippen LogP contribution in [0.25, 0.3) is 0 Å². The molecule has 2 aromatic rings. The van der Waals surface area contributed by atoms with E-state index in [1.54, 1.807) is 24.3 Å². The van der Waals surface area contributed by atoms with Gasteiger partial charge in [-0.2, -0.15) is 0 Å². The highest BCUT2D eigenvalue weighted by atomic mass is 79.9. The van der Waals surface area contributed by atoms with E-state index in [9.17, 15) is 14.4 Å². The first kappa shape index (κ1) is 20.9. The number of halogens is 1. The van der Waals surface area contributed by atoms with Gasteiger partial charge in [0.25, 0.3) is 5.91 Å². The minimum Gasteiger partial charge on any atom is -0.456 e. The zero-order valence-electron chi connectivity index (χ0n) is 15.7. The van der Waals surface area contributed by atoms with Gasteiger partial charge in [0.15, 0.2) is 6.61 Å². The molecule has 0 radical (unpaired) electrons. The summed E-state index contributed by atoms with van der Waals surface area (Å²) in [6.07, 6.45) is 0.969. The number of nitrogens with zero attached hydrogens (tertiary/aromatic N) is 1. The van der Waals surface area contributed by atoms with Gasteiger partial charge in [-0.15, -0.1) is 0 Å². The summed E-state index contributed by atoms with van der Waals surface area (Å²) in [5, 5.41) is 2.48. The van der Waals surface area contributed by atoms with Gasteiger partial charge in [-0.1, -0.05) is 22.9 Å². The molecule has 0 aliphatic heterocycles. The number of carbonyl (C=O) groups is 3. The number of esters is 1. The summed E-state index contributed by atoms with van der Waals surface area (Å²) < 4.78 is 7.94. The first-order valence-electron chi connectivity index (χ1n) is 8.72. The average molecular weight is 435 g/mol. The predicted octanol–water partition coefficient (Wildman–Crippen LogP) is 3.43. The smallest absolute Gasteiger partial charge is 0.325 e. The van der Waals surface area contributed by atoms with E-state index in [2.05, 4.69) is 32.7 Å². The van der Waals surface area contributed by atoms with Crippen LogP contribution in [0.1, 0.15) is 45.4 Å². The maximum atomic E-state index is 12.3. The highest BCUT2D eigenvalue weighted by Crippen LogP contribution is 2.16. The number of carbonyl (C=O) groups excluding carboxylic acids is 3. The second-order valence-electron chi connectivity index (χ2n) is 6.21. The summed E-state index contributed by atoms with van der Waals surface area (Å²) in [6.45, 7) is 6.11. The number of Topliss-reactive ketones (excluding diaryl/α,β-unsaturated/α-hetero) is 1. The molecule has 27 heavy (non-hydrogen) atoms. The molecular weight excluding hydrogens is 412 g/mol. The first-order valence-corrected chi connectivity index (χ1v) is 9.52. The summed E-state index contributed by atoms with van der Waals surface area (Å²) in [7, 11) is 0. The van der Waals surface area contributed by atoms with Gasteiger partial charge in [-0.3, -0.25) is 14.4 Å². The Bertz CT molecular complexity index is 840. The zero-order valence-corrected chi connectivity index (χ0v) is 17.3. The first-order chi connectivity index (χ1) is 12.8. The van der Waals surface area contributed by atoms with Crippen molar-refractivity contribution >= 4 is 33.6 Å². The van der Waals surface area contributed by atoms with E-state index >= 15 is 0 Å². The van der Waals surface area contributed by atoms with Gasteiger partial charge in [0.1, 0.15) is 6.54 Å². The Kier molecular flexibility index (Phi) is 7.36. The van der Waals surface area contributed by atoms with E-state index in [1.165, 1.54) is 0 Å². The minimum absolute atomic E-state index is 0.252. The molecule has 0 unspecified atom stereocenters. The van der Waals surface area contributed by atoms with E-state index in [0.717, 1.165) is 28.8 Å². The molecule has 6 nitrogen and oxygen atoms in total. The average Bonchev–Trinajstić information content (AvgIpc) is 2.93. The Morgan fingerprint density at radius 1 is 1.15 bits per heavy atom. The molecule has 0 saturated carbocycles. The molecule has 0 aliphatic carbocycles. The molecular formula is C20H23BrN2O4. The quantitative estimate of drug-likeness (QED) is 0.509. The van der Waals surface area contributed by atoms with Crippen LogP contribution in [0.3, 0.4) is 0 Å². The Labute approximate surface area is 167 Å². The fraction of sp³-hybridized carbons (Fsp3) is 0.350. The molecule has 1 aromatic heterocycles. The van der Waals surface area contributed by atoms with Crippen LogP contribution in [-0.2, 0) is 16.1 Å². The highest BCUT2D eigenvalue weighted by Gasteiger charge is 2.17. The summed E-state index contributed by atoms with van der Waals surface area (Å²) >= 11 is 3.29. The maximum Gasteiger partial charge on any atom is 0.325 e. The lowest BCUT2D eigenvalue weighted by molar-refractivity contribution is -0.141. The normalized spacial score (nSPS) is 10.5. The molecule has 7 heteroatoms. The fourth-order valence-corrected chi connectivity index (χ4v) is 3.05. The third-order valence-electron chi connectivity index (χ3n) is 4.19. The van der Waals surface area contributed by atoms with Gasteiger partial charge in [0.2, 0.25) is 5.78 Å². The summed E-state index contributed by atoms with van der Waals surface area (Å²) in [6, 6.07) is 8.57. The number of hydrogen-bond acceptors (Lipinski definition) is 4. The number of nitrogens with one attached hydrogen (secondary N) is 1. The molecule has 1 aromatic carbocycles. The molecule has 2 rings (SSSR count). The van der Waals surface area contributed by atoms with Gasteiger partial charge in [-0.05, 0) is 50.6 Å². The summed E-state index contributed by atoms with van der Waals surface area (Å²) in [4.78, 5) is 36.1. The Morgan fingerprint density at radius 3 is 2.44 bits per heavy atom. The van der Waals surface area contributed by atoms with Crippen LogP contribution in [-0.4, -0.2) is 35.4 Å². The van der Waals surface area contributed by atoms with Crippen molar-refractivity contribution in [3.05, 3.63) is 57.3 Å². The van der Waals surface area contributed by atoms with Crippen LogP contribution in [0.15, 0.2) is 34.8 Å². The molecule has 0 aliphatic rings. The predicted molar refractivity (Wildman–Crippen MR) is 106 cm³/mol. The van der Waals surface area contributed by atoms with Gasteiger partial charge in [-0.25, -0.2) is 0 Å². The van der Waals surface area contributed by atoms with Crippen molar-refractivity contribution in [3.8, 4) is 0 Å². The second kappa shape index (κ2) is 9.50. The number of hydrogen-bond donors (Lipinski definition) is 1. The second-order valence-corrected chi connectivity index (χ2v) is 7.13. The van der Waals surface area contributed by atoms with Gasteiger partial charge < -0.3 is 14.6 Å². The fourth-order valence-electron chi connectivity index (χ4n) is 2.78. The lowest BCUT2D eigenvalue weighted by Gasteiger charge is -2.08. The Balaban J connectivity index is 1.85. The standard InChI is InChI=1S/C20H23BrN2O4/c1-4-9-23-13(2)10-17(14(23)3)18(24)12-27-19(25)11-22-20(26)15-5-7-16(21)8-6-15/h5-8,10H,4,9,11-12H2,1-3H3,(H,22,26). The van der Waals surface area contributed by atoms with E-state index in [4.69, 9.17) is 4.74 Å². The molecule has 0 atom stereocenters. The van der Waals surface area contributed by atoms with Crippen LogP contribution < -0.4 is 5.32 Å². The van der Waals surface area contributed by atoms with E-state index in [-0.39, 0.29) is 24.8 Å². The van der Waals surface area contributed by atoms with Crippen LogP contribution in [0.5, 0.6) is 0 Å². The van der Waals surface area contributed by atoms with E-state index in [0.29, 0.717) is 11.1 Å². The molecule has 144 valence electrons. The van der Waals surface area contributed by atoms with Crippen LogP contribution in [0.4, 0.5) is 0 Å². The number of rotatable bonds is 8. The van der Waals surface area contributed by atoms with Crippen molar-refractivity contribution in [3.63, 3.8) is 0 Å². The van der Waals surface area contributed by atoms with Crippen molar-refractivity contribution in [2.45, 2.75) is 33.7 Å². The lowest BCUT2D eigenvalue weighted by Crippen LogP contribution is -2.31. The summed E-state index contributed by atoms with van der Waals surface area (Å²) in [5.74, 6) is -1.29. The Hall–Kier alpha value is -2.41. The van der Waals surface area contributed by atoms with Crippen molar-refractivity contribution in [1.82, 2.24) is 9.88 Å². The number of ketones is 1. The van der Waals surface area contributed by atoms with Gasteiger partial charge in [0.05, 0.1) is 0 Å². The molecule has 0 fully saturated rings. The number of benzene rings is 1. The molecule has 0 saturated heterocycles. The van der Waals surface area contributed by atoms with Gasteiger partial charge in [0, 0.05) is 33.5 Å². The monoisotopic (exact) mass is 434 g/mol. The lowest BCUT2D eigenvalue weighted by atomic mass is 10.1. The van der Waals surface area contributed by atoms with Crippen molar-refractivity contribution in [2.24, 2.45) is 0 Å². The third-order valence-corrected chi connectivity index (χ3v) is 4.71. The largest absolute Gasteiger partial charge is 0.456 e. The molecule has 0 spiro atoms. The molecule has 0 bridgehead atoms. The van der Waals surface area contributed by atoms with Crippen molar-refractivity contribution in [1.29, 1.82) is 0 Å². The van der Waals surface area contributed by atoms with E-state index in [1.807, 2.05) is 19.9 Å². The summed E-state index contributed by atoms with van der Waals surface area (Å²) in [5.41, 5.74) is 2.88. The molecule has 1 N–H and O–H groups in total. The van der Waals surface area contributed by atoms with Crippen molar-refractivity contribution in [2.75, 3.05) is 13.2 Å². The maximum absolute atomic E-state index is 12.3. The SMILES string of the molecule is CCCn1c(C)cc(C(=O)COC(=O)CNC(=O)c2ccc(Br)cc2)c1C. The minimum atomic E-state index is -0.656. The van der Waals surface area contributed by atoms with Crippen LogP contribution >= 0.6 is 15.9 Å². The molecule has 1 amide bonds.